The normalized spacial score (nSPS) is 16.9. The summed E-state index contributed by atoms with van der Waals surface area (Å²) in [4.78, 5) is 41.1. The highest BCUT2D eigenvalue weighted by Gasteiger charge is 2.25. The van der Waals surface area contributed by atoms with Crippen molar-refractivity contribution in [2.45, 2.75) is 31.7 Å². The lowest BCUT2D eigenvalue weighted by molar-refractivity contribution is -0.129. The summed E-state index contributed by atoms with van der Waals surface area (Å²) in [7, 11) is 0. The van der Waals surface area contributed by atoms with Gasteiger partial charge in [-0.05, 0) is 31.0 Å². The first kappa shape index (κ1) is 22.1. The van der Waals surface area contributed by atoms with Crippen molar-refractivity contribution in [1.29, 1.82) is 0 Å². The summed E-state index contributed by atoms with van der Waals surface area (Å²) >= 11 is 0. The molecule has 2 aliphatic rings. The molecule has 178 valence electrons. The van der Waals surface area contributed by atoms with Gasteiger partial charge in [0.2, 0.25) is 11.9 Å². The highest BCUT2D eigenvalue weighted by Crippen LogP contribution is 2.34. The molecule has 11 heteroatoms. The zero-order chi connectivity index (χ0) is 23.7. The second-order valence-corrected chi connectivity index (χ2v) is 8.71. The Kier molecular flexibility index (Phi) is 6.01. The third-order valence-electron chi connectivity index (χ3n) is 6.64. The Balaban J connectivity index is 1.32. The Hall–Kier alpha value is -3.73. The molecule has 0 aromatic carbocycles. The third-order valence-corrected chi connectivity index (χ3v) is 6.64. The van der Waals surface area contributed by atoms with Crippen LogP contribution in [0.1, 0.15) is 42.2 Å². The number of carbonyl (C=O) groups excluding carboxylic acids is 1. The van der Waals surface area contributed by atoms with Crippen molar-refractivity contribution in [2.24, 2.45) is 5.73 Å². The van der Waals surface area contributed by atoms with Gasteiger partial charge in [0.25, 0.3) is 0 Å². The largest absolute Gasteiger partial charge is 0.477 e. The molecule has 0 bridgehead atoms. The van der Waals surface area contributed by atoms with Crippen LogP contribution in [0.15, 0.2) is 30.6 Å². The summed E-state index contributed by atoms with van der Waals surface area (Å²) < 4.78 is 1.85. The first-order chi connectivity index (χ1) is 16.5. The Morgan fingerprint density at radius 2 is 1.85 bits per heavy atom. The summed E-state index contributed by atoms with van der Waals surface area (Å²) in [5, 5.41) is 13.5. The Morgan fingerprint density at radius 1 is 1.09 bits per heavy atom. The van der Waals surface area contributed by atoms with Crippen molar-refractivity contribution in [3.05, 3.63) is 36.3 Å². The predicted molar refractivity (Wildman–Crippen MR) is 127 cm³/mol. The van der Waals surface area contributed by atoms with E-state index in [0.717, 1.165) is 44.5 Å². The molecule has 1 aliphatic heterocycles. The fraction of sp³-hybridized carbons (Fsp3) is 0.435. The minimum absolute atomic E-state index is 0.0242. The molecule has 3 aromatic rings. The van der Waals surface area contributed by atoms with Crippen LogP contribution in [0.4, 0.5) is 17.5 Å². The van der Waals surface area contributed by atoms with Crippen LogP contribution in [0.3, 0.4) is 0 Å². The standard InChI is InChI=1S/C23H28N8O3/c24-12-20(32)30-9-7-29(8-10-30)17-5-6-19(25-14-17)27-23-26-13-15-11-18(22(33)34)31(21(15)28-23)16-3-1-2-4-16/h5-6,11,13-14,16H,1-4,7-10,12,24H2,(H,33,34)(H,25,26,27,28). The number of hydrogen-bond acceptors (Lipinski definition) is 8. The maximum absolute atomic E-state index is 11.8. The molecule has 1 aliphatic carbocycles. The molecule has 0 radical (unpaired) electrons. The number of pyridine rings is 1. The number of anilines is 3. The molecule has 1 saturated heterocycles. The minimum Gasteiger partial charge on any atom is -0.477 e. The van der Waals surface area contributed by atoms with Gasteiger partial charge in [-0.15, -0.1) is 0 Å². The van der Waals surface area contributed by atoms with Gasteiger partial charge in [-0.2, -0.15) is 4.98 Å². The molecule has 1 saturated carbocycles. The van der Waals surface area contributed by atoms with Crippen LogP contribution >= 0.6 is 0 Å². The van der Waals surface area contributed by atoms with Gasteiger partial charge in [-0.3, -0.25) is 4.79 Å². The second kappa shape index (κ2) is 9.26. The maximum Gasteiger partial charge on any atom is 0.352 e. The first-order valence-electron chi connectivity index (χ1n) is 11.6. The van der Waals surface area contributed by atoms with Crippen LogP contribution in [0, 0.1) is 0 Å². The number of hydrogen-bond donors (Lipinski definition) is 3. The molecule has 34 heavy (non-hydrogen) atoms. The fourth-order valence-electron chi connectivity index (χ4n) is 4.87. The summed E-state index contributed by atoms with van der Waals surface area (Å²) in [6, 6.07) is 5.62. The monoisotopic (exact) mass is 464 g/mol. The minimum atomic E-state index is -0.954. The number of carboxylic acid groups (broad SMARTS) is 1. The van der Waals surface area contributed by atoms with Gasteiger partial charge in [0.1, 0.15) is 17.2 Å². The van der Waals surface area contributed by atoms with Crippen LogP contribution in [0.2, 0.25) is 0 Å². The van der Waals surface area contributed by atoms with Crippen LogP contribution < -0.4 is 16.0 Å². The number of carbonyl (C=O) groups is 2. The fourth-order valence-corrected chi connectivity index (χ4v) is 4.87. The number of nitrogens with zero attached hydrogens (tertiary/aromatic N) is 6. The summed E-state index contributed by atoms with van der Waals surface area (Å²) in [5.41, 5.74) is 7.31. The smallest absolute Gasteiger partial charge is 0.352 e. The molecule has 4 N–H and O–H groups in total. The average Bonchev–Trinajstić information content (AvgIpc) is 3.52. The Labute approximate surface area is 196 Å². The quantitative estimate of drug-likeness (QED) is 0.499. The number of carboxylic acids is 1. The number of nitrogens with one attached hydrogen (secondary N) is 1. The lowest BCUT2D eigenvalue weighted by atomic mass is 10.2. The summed E-state index contributed by atoms with van der Waals surface area (Å²) in [5.74, 6) is -0.0119. The molecule has 3 aromatic heterocycles. The number of aromatic nitrogens is 4. The number of fused-ring (bicyclic) bond motifs is 1. The Bertz CT molecular complexity index is 1190. The van der Waals surface area contributed by atoms with Gasteiger partial charge in [-0.25, -0.2) is 14.8 Å². The Morgan fingerprint density at radius 3 is 2.50 bits per heavy atom. The molecule has 4 heterocycles. The number of rotatable bonds is 6. The van der Waals surface area contributed by atoms with Gasteiger partial charge < -0.3 is 30.5 Å². The van der Waals surface area contributed by atoms with Crippen LogP contribution in [0.5, 0.6) is 0 Å². The molecule has 5 rings (SSSR count). The van der Waals surface area contributed by atoms with E-state index in [-0.39, 0.29) is 24.2 Å². The van der Waals surface area contributed by atoms with E-state index < -0.39 is 5.97 Å². The van der Waals surface area contributed by atoms with Crippen LogP contribution in [-0.2, 0) is 4.79 Å². The zero-order valence-corrected chi connectivity index (χ0v) is 18.9. The number of nitrogens with two attached hydrogens (primary N) is 1. The number of aromatic carboxylic acids is 1. The highest BCUT2D eigenvalue weighted by molar-refractivity contribution is 5.93. The molecule has 0 spiro atoms. The van der Waals surface area contributed by atoms with Crippen LogP contribution in [-0.4, -0.2) is 74.1 Å². The maximum atomic E-state index is 11.8. The van der Waals surface area contributed by atoms with E-state index in [1.54, 1.807) is 23.4 Å². The van der Waals surface area contributed by atoms with E-state index >= 15 is 0 Å². The van der Waals surface area contributed by atoms with E-state index in [1.165, 1.54) is 0 Å². The van der Waals surface area contributed by atoms with Gasteiger partial charge in [0, 0.05) is 43.8 Å². The molecule has 0 unspecified atom stereocenters. The van der Waals surface area contributed by atoms with Gasteiger partial charge in [-0.1, -0.05) is 12.8 Å². The van der Waals surface area contributed by atoms with Crippen molar-refractivity contribution < 1.29 is 14.7 Å². The lowest BCUT2D eigenvalue weighted by Gasteiger charge is -2.35. The lowest BCUT2D eigenvalue weighted by Crippen LogP contribution is -2.50. The van der Waals surface area contributed by atoms with Gasteiger partial charge in [0.15, 0.2) is 0 Å². The van der Waals surface area contributed by atoms with Crippen molar-refractivity contribution in [3.63, 3.8) is 0 Å². The number of amides is 1. The van der Waals surface area contributed by atoms with E-state index in [0.29, 0.717) is 35.9 Å². The van der Waals surface area contributed by atoms with Gasteiger partial charge in [0.05, 0.1) is 18.4 Å². The number of piperazine rings is 1. The second-order valence-electron chi connectivity index (χ2n) is 8.71. The summed E-state index contributed by atoms with van der Waals surface area (Å²) in [6.45, 7) is 2.78. The van der Waals surface area contributed by atoms with E-state index in [4.69, 9.17) is 5.73 Å². The van der Waals surface area contributed by atoms with Gasteiger partial charge >= 0.3 is 5.97 Å². The zero-order valence-electron chi connectivity index (χ0n) is 18.9. The first-order valence-corrected chi connectivity index (χ1v) is 11.6. The van der Waals surface area contributed by atoms with Crippen molar-refractivity contribution >= 4 is 40.4 Å². The van der Waals surface area contributed by atoms with Crippen molar-refractivity contribution in [2.75, 3.05) is 42.9 Å². The SMILES string of the molecule is NCC(=O)N1CCN(c2ccc(Nc3ncc4cc(C(=O)O)n(C5CCCC5)c4n3)nc2)CC1. The van der Waals surface area contributed by atoms with Crippen molar-refractivity contribution in [1.82, 2.24) is 24.4 Å². The highest BCUT2D eigenvalue weighted by atomic mass is 16.4. The topological polar surface area (TPSA) is 142 Å². The molecular formula is C23H28N8O3. The van der Waals surface area contributed by atoms with Crippen LogP contribution in [0.25, 0.3) is 11.0 Å². The average molecular weight is 465 g/mol. The molecule has 1 amide bonds. The van der Waals surface area contributed by atoms with E-state index in [1.807, 2.05) is 16.7 Å². The van der Waals surface area contributed by atoms with E-state index in [2.05, 4.69) is 25.2 Å². The predicted octanol–water partition coefficient (Wildman–Crippen LogP) is 1.99. The molecular weight excluding hydrogens is 436 g/mol. The van der Waals surface area contributed by atoms with E-state index in [9.17, 15) is 14.7 Å². The molecule has 11 nitrogen and oxygen atoms in total. The molecule has 0 atom stereocenters. The summed E-state index contributed by atoms with van der Waals surface area (Å²) in [6.07, 6.45) is 7.52. The van der Waals surface area contributed by atoms with Crippen molar-refractivity contribution in [3.8, 4) is 0 Å². The third kappa shape index (κ3) is 4.26. The molecule has 2 fully saturated rings.